The van der Waals surface area contributed by atoms with Crippen LogP contribution in [0.5, 0.6) is 0 Å². The van der Waals surface area contributed by atoms with E-state index >= 15 is 0 Å². The largest absolute Gasteiger partial charge is 0.481 e. The fourth-order valence-electron chi connectivity index (χ4n) is 4.67. The average molecular weight is 437 g/mol. The normalized spacial score (nSPS) is 24.5. The highest BCUT2D eigenvalue weighted by atomic mass is 16.5. The van der Waals surface area contributed by atoms with Gasteiger partial charge >= 0.3 is 5.97 Å². The van der Waals surface area contributed by atoms with Crippen molar-refractivity contribution >= 4 is 17.8 Å². The van der Waals surface area contributed by atoms with Gasteiger partial charge in [0.25, 0.3) is 0 Å². The van der Waals surface area contributed by atoms with Crippen molar-refractivity contribution in [2.24, 2.45) is 11.8 Å². The molecule has 0 aromatic heterocycles. The van der Waals surface area contributed by atoms with E-state index in [1.807, 2.05) is 0 Å². The van der Waals surface area contributed by atoms with E-state index in [0.717, 1.165) is 44.9 Å². The van der Waals surface area contributed by atoms with E-state index in [2.05, 4.69) is 29.7 Å². The fourth-order valence-corrected chi connectivity index (χ4v) is 4.67. The van der Waals surface area contributed by atoms with E-state index in [0.29, 0.717) is 31.2 Å². The number of carbonyl (C=O) groups is 3. The van der Waals surface area contributed by atoms with E-state index in [1.54, 1.807) is 0 Å². The second-order valence-corrected chi connectivity index (χ2v) is 8.86. The Hall–Kier alpha value is -1.89. The van der Waals surface area contributed by atoms with Crippen molar-refractivity contribution in [1.82, 2.24) is 10.6 Å². The SMILES string of the molecule is CCCCCCCC(=O)NCC(=O)NCC1[C@@H](C/C=C\CCCC(=O)O)[C@@H]2CC[C@H]1O2. The van der Waals surface area contributed by atoms with Gasteiger partial charge in [0.1, 0.15) is 0 Å². The van der Waals surface area contributed by atoms with Gasteiger partial charge in [-0.3, -0.25) is 14.4 Å². The minimum absolute atomic E-state index is 0.0314. The smallest absolute Gasteiger partial charge is 0.303 e. The Morgan fingerprint density at radius 1 is 0.903 bits per heavy atom. The van der Waals surface area contributed by atoms with Crippen molar-refractivity contribution in [2.45, 2.75) is 96.2 Å². The van der Waals surface area contributed by atoms with E-state index in [4.69, 9.17) is 9.84 Å². The molecule has 0 saturated carbocycles. The number of hydrogen-bond donors (Lipinski definition) is 3. The van der Waals surface area contributed by atoms with Crippen molar-refractivity contribution in [3.63, 3.8) is 0 Å². The molecule has 0 spiro atoms. The molecule has 2 amide bonds. The maximum atomic E-state index is 12.2. The van der Waals surface area contributed by atoms with Gasteiger partial charge < -0.3 is 20.5 Å². The molecular weight excluding hydrogens is 396 g/mol. The van der Waals surface area contributed by atoms with Gasteiger partial charge in [0, 0.05) is 25.3 Å². The van der Waals surface area contributed by atoms with Gasteiger partial charge in [-0.05, 0) is 44.4 Å². The van der Waals surface area contributed by atoms with Gasteiger partial charge in [0.2, 0.25) is 11.8 Å². The van der Waals surface area contributed by atoms with E-state index in [9.17, 15) is 14.4 Å². The number of hydrogen-bond acceptors (Lipinski definition) is 4. The van der Waals surface area contributed by atoms with E-state index in [-0.39, 0.29) is 37.0 Å². The predicted molar refractivity (Wildman–Crippen MR) is 120 cm³/mol. The molecule has 176 valence electrons. The van der Waals surface area contributed by atoms with Gasteiger partial charge in [-0.1, -0.05) is 44.8 Å². The molecule has 2 saturated heterocycles. The Kier molecular flexibility index (Phi) is 11.6. The molecule has 2 rings (SSSR count). The molecule has 0 radical (unpaired) electrons. The average Bonchev–Trinajstić information content (AvgIpc) is 3.34. The van der Waals surface area contributed by atoms with Gasteiger partial charge in [-0.25, -0.2) is 0 Å². The lowest BCUT2D eigenvalue weighted by Gasteiger charge is -2.27. The number of aliphatic carboxylic acids is 1. The molecule has 0 aliphatic carbocycles. The van der Waals surface area contributed by atoms with Crippen LogP contribution in [0.25, 0.3) is 0 Å². The summed E-state index contributed by atoms with van der Waals surface area (Å²) in [7, 11) is 0. The number of ether oxygens (including phenoxy) is 1. The maximum Gasteiger partial charge on any atom is 0.303 e. The molecule has 7 nitrogen and oxygen atoms in total. The molecular formula is C24H40N2O5. The number of unbranched alkanes of at least 4 members (excludes halogenated alkanes) is 5. The number of amides is 2. The number of fused-ring (bicyclic) bond motifs is 2. The van der Waals surface area contributed by atoms with Crippen LogP contribution in [-0.2, 0) is 19.1 Å². The first-order valence-electron chi connectivity index (χ1n) is 12.1. The standard InChI is InChI=1S/C24H40N2O5/c1-2-3-4-5-9-12-22(27)26-17-23(28)25-16-19-18(20-14-15-21(19)31-20)11-8-6-7-10-13-24(29)30/h6,8,18-21H,2-5,7,9-17H2,1H3,(H,25,28)(H,26,27)(H,29,30)/b8-6-/t18-,19?,20+,21-/m1/s1. The Bertz CT molecular complexity index is 607. The van der Waals surface area contributed by atoms with Crippen LogP contribution in [0.4, 0.5) is 0 Å². The lowest BCUT2D eigenvalue weighted by molar-refractivity contribution is -0.137. The zero-order valence-corrected chi connectivity index (χ0v) is 18.9. The summed E-state index contributed by atoms with van der Waals surface area (Å²) >= 11 is 0. The topological polar surface area (TPSA) is 105 Å². The summed E-state index contributed by atoms with van der Waals surface area (Å²) in [4.78, 5) is 34.6. The Morgan fingerprint density at radius 3 is 2.39 bits per heavy atom. The van der Waals surface area contributed by atoms with Gasteiger partial charge in [-0.15, -0.1) is 0 Å². The van der Waals surface area contributed by atoms with Crippen LogP contribution >= 0.6 is 0 Å². The van der Waals surface area contributed by atoms with Crippen LogP contribution < -0.4 is 10.6 Å². The number of carboxylic acid groups (broad SMARTS) is 1. The first kappa shape index (κ1) is 25.4. The van der Waals surface area contributed by atoms with Crippen LogP contribution in [0.3, 0.4) is 0 Å². The van der Waals surface area contributed by atoms with Gasteiger partial charge in [0.15, 0.2) is 0 Å². The quantitative estimate of drug-likeness (QED) is 0.253. The second kappa shape index (κ2) is 14.2. The molecule has 2 bridgehead atoms. The molecule has 2 aliphatic heterocycles. The summed E-state index contributed by atoms with van der Waals surface area (Å²) < 4.78 is 6.08. The lowest BCUT2D eigenvalue weighted by Crippen LogP contribution is -2.42. The van der Waals surface area contributed by atoms with Crippen LogP contribution in [0, 0.1) is 11.8 Å². The second-order valence-electron chi connectivity index (χ2n) is 8.86. The predicted octanol–water partition coefficient (Wildman–Crippen LogP) is 3.57. The zero-order chi connectivity index (χ0) is 22.5. The third-order valence-electron chi connectivity index (χ3n) is 6.42. The summed E-state index contributed by atoms with van der Waals surface area (Å²) in [6.07, 6.45) is 15.3. The summed E-state index contributed by atoms with van der Waals surface area (Å²) in [5.74, 6) is -0.284. The summed E-state index contributed by atoms with van der Waals surface area (Å²) in [6, 6.07) is 0. The number of rotatable bonds is 16. The highest BCUT2D eigenvalue weighted by Gasteiger charge is 2.47. The number of allylic oxidation sites excluding steroid dienone is 2. The molecule has 0 aromatic rings. The van der Waals surface area contributed by atoms with Crippen molar-refractivity contribution in [2.75, 3.05) is 13.1 Å². The number of nitrogens with one attached hydrogen (secondary N) is 2. The molecule has 1 unspecified atom stereocenters. The van der Waals surface area contributed by atoms with Crippen LogP contribution in [0.1, 0.15) is 84.0 Å². The molecule has 7 heteroatoms. The summed E-state index contributed by atoms with van der Waals surface area (Å²) in [5, 5.41) is 14.4. The minimum Gasteiger partial charge on any atom is -0.481 e. The lowest BCUT2D eigenvalue weighted by atomic mass is 9.77. The number of carbonyl (C=O) groups excluding carboxylic acids is 2. The Morgan fingerprint density at radius 2 is 1.65 bits per heavy atom. The first-order chi connectivity index (χ1) is 15.0. The zero-order valence-electron chi connectivity index (χ0n) is 18.9. The third-order valence-corrected chi connectivity index (χ3v) is 6.42. The fraction of sp³-hybridized carbons (Fsp3) is 0.792. The van der Waals surface area contributed by atoms with Gasteiger partial charge in [0.05, 0.1) is 18.8 Å². The highest BCUT2D eigenvalue weighted by molar-refractivity contribution is 5.84. The molecule has 2 heterocycles. The first-order valence-corrected chi connectivity index (χ1v) is 12.1. The summed E-state index contributed by atoms with van der Waals surface area (Å²) in [6.45, 7) is 2.77. The molecule has 31 heavy (non-hydrogen) atoms. The maximum absolute atomic E-state index is 12.2. The van der Waals surface area contributed by atoms with Gasteiger partial charge in [-0.2, -0.15) is 0 Å². The molecule has 2 fully saturated rings. The molecule has 3 N–H and O–H groups in total. The molecule has 0 aromatic carbocycles. The minimum atomic E-state index is -0.756. The molecule has 4 atom stereocenters. The monoisotopic (exact) mass is 436 g/mol. The van der Waals surface area contributed by atoms with Crippen LogP contribution in [0.2, 0.25) is 0 Å². The Balaban J connectivity index is 1.63. The summed E-state index contributed by atoms with van der Waals surface area (Å²) in [5.41, 5.74) is 0. The van der Waals surface area contributed by atoms with Crippen molar-refractivity contribution in [3.05, 3.63) is 12.2 Å². The van der Waals surface area contributed by atoms with E-state index < -0.39 is 5.97 Å². The highest BCUT2D eigenvalue weighted by Crippen LogP contribution is 2.44. The molecule has 2 aliphatic rings. The van der Waals surface area contributed by atoms with Crippen molar-refractivity contribution in [1.29, 1.82) is 0 Å². The Labute approximate surface area is 186 Å². The van der Waals surface area contributed by atoms with Crippen molar-refractivity contribution < 1.29 is 24.2 Å². The van der Waals surface area contributed by atoms with E-state index in [1.165, 1.54) is 12.8 Å². The van der Waals surface area contributed by atoms with Crippen LogP contribution in [-0.4, -0.2) is 48.2 Å². The third kappa shape index (κ3) is 9.42. The van der Waals surface area contributed by atoms with Crippen molar-refractivity contribution in [3.8, 4) is 0 Å². The van der Waals surface area contributed by atoms with Crippen LogP contribution in [0.15, 0.2) is 12.2 Å². The number of carboxylic acids is 1.